The van der Waals surface area contributed by atoms with E-state index in [0.29, 0.717) is 30.8 Å². The highest BCUT2D eigenvalue weighted by molar-refractivity contribution is 7.89. The molecule has 0 saturated heterocycles. The molecule has 0 spiro atoms. The van der Waals surface area contributed by atoms with Crippen molar-refractivity contribution in [2.24, 2.45) is 0 Å². The second-order valence-corrected chi connectivity index (χ2v) is 9.57. The highest BCUT2D eigenvalue weighted by Gasteiger charge is 2.24. The molecule has 6 heteroatoms. The van der Waals surface area contributed by atoms with Crippen molar-refractivity contribution in [3.63, 3.8) is 0 Å². The molecule has 2 rings (SSSR count). The molecule has 0 amide bonds. The molecule has 2 aromatic rings. The van der Waals surface area contributed by atoms with Gasteiger partial charge in [-0.15, -0.1) is 0 Å². The van der Waals surface area contributed by atoms with Crippen LogP contribution in [0.4, 0.5) is 0 Å². The fourth-order valence-electron chi connectivity index (χ4n) is 3.34. The lowest BCUT2D eigenvalue weighted by atomic mass is 10.1. The largest absolute Gasteiger partial charge is 0.481 e. The Morgan fingerprint density at radius 3 is 2.13 bits per heavy atom. The van der Waals surface area contributed by atoms with Gasteiger partial charge in [-0.1, -0.05) is 68.7 Å². The summed E-state index contributed by atoms with van der Waals surface area (Å²) in [5.74, 6) is -0.786. The molecule has 1 N–H and O–H groups in total. The average molecular weight is 432 g/mol. The molecule has 0 bridgehead atoms. The van der Waals surface area contributed by atoms with Crippen LogP contribution >= 0.6 is 0 Å². The number of benzene rings is 2. The third-order valence-corrected chi connectivity index (χ3v) is 6.99. The number of aryl methyl sites for hydroxylation is 1. The van der Waals surface area contributed by atoms with Gasteiger partial charge < -0.3 is 5.11 Å². The number of unbranched alkanes of at least 4 members (excludes halogenated alkanes) is 4. The molecule has 0 aliphatic rings. The van der Waals surface area contributed by atoms with Crippen molar-refractivity contribution < 1.29 is 18.3 Å². The van der Waals surface area contributed by atoms with Crippen molar-refractivity contribution >= 4 is 16.0 Å². The molecule has 2 aromatic carbocycles. The zero-order valence-electron chi connectivity index (χ0n) is 17.8. The minimum absolute atomic E-state index is 0.163. The van der Waals surface area contributed by atoms with Crippen molar-refractivity contribution in [3.8, 4) is 0 Å². The van der Waals surface area contributed by atoms with Gasteiger partial charge in [-0.25, -0.2) is 8.42 Å². The summed E-state index contributed by atoms with van der Waals surface area (Å²) in [5.41, 5.74) is 2.25. The average Bonchev–Trinajstić information content (AvgIpc) is 2.75. The quantitative estimate of drug-likeness (QED) is 0.414. The Kier molecular flexibility index (Phi) is 10.0. The first-order valence-electron chi connectivity index (χ1n) is 10.8. The summed E-state index contributed by atoms with van der Waals surface area (Å²) in [5, 5.41) is 8.73. The molecule has 0 aliphatic carbocycles. The number of hydrogen-bond acceptors (Lipinski definition) is 3. The van der Waals surface area contributed by atoms with Crippen molar-refractivity contribution in [2.45, 2.75) is 69.7 Å². The van der Waals surface area contributed by atoms with E-state index >= 15 is 0 Å². The van der Waals surface area contributed by atoms with Gasteiger partial charge in [0.25, 0.3) is 0 Å². The molecule has 164 valence electrons. The third-order valence-electron chi connectivity index (χ3n) is 5.13. The van der Waals surface area contributed by atoms with Crippen LogP contribution in [0, 0.1) is 0 Å². The van der Waals surface area contributed by atoms with Crippen LogP contribution in [0.1, 0.15) is 63.0 Å². The second-order valence-electron chi connectivity index (χ2n) is 7.63. The molecule has 0 aromatic heterocycles. The van der Waals surface area contributed by atoms with Gasteiger partial charge in [0.05, 0.1) is 4.90 Å². The van der Waals surface area contributed by atoms with E-state index in [1.165, 1.54) is 5.56 Å². The maximum atomic E-state index is 13.2. The Morgan fingerprint density at radius 2 is 1.50 bits per heavy atom. The molecule has 0 atom stereocenters. The lowest BCUT2D eigenvalue weighted by molar-refractivity contribution is -0.137. The van der Waals surface area contributed by atoms with E-state index in [2.05, 4.69) is 19.1 Å². The molecule has 30 heavy (non-hydrogen) atoms. The number of rotatable bonds is 14. The van der Waals surface area contributed by atoms with Crippen LogP contribution < -0.4 is 0 Å². The summed E-state index contributed by atoms with van der Waals surface area (Å²) in [7, 11) is -3.59. The van der Waals surface area contributed by atoms with Gasteiger partial charge in [0.15, 0.2) is 0 Å². The van der Waals surface area contributed by atoms with Crippen LogP contribution in [0.5, 0.6) is 0 Å². The second kappa shape index (κ2) is 12.5. The van der Waals surface area contributed by atoms with E-state index < -0.39 is 16.0 Å². The van der Waals surface area contributed by atoms with Crippen LogP contribution in [-0.4, -0.2) is 30.3 Å². The van der Waals surface area contributed by atoms with Gasteiger partial charge in [-0.2, -0.15) is 4.31 Å². The molecule has 0 aliphatic heterocycles. The smallest absolute Gasteiger partial charge is 0.303 e. The number of hydrogen-bond donors (Lipinski definition) is 1. The van der Waals surface area contributed by atoms with E-state index in [4.69, 9.17) is 5.11 Å². The minimum atomic E-state index is -3.59. The van der Waals surface area contributed by atoms with Gasteiger partial charge in [0.2, 0.25) is 10.0 Å². The zero-order chi connectivity index (χ0) is 21.8. The Balaban J connectivity index is 2.06. The fourth-order valence-corrected chi connectivity index (χ4v) is 4.83. The SMILES string of the molecule is CCCCc1ccc(CN(CCCCCCC(=O)O)S(=O)(=O)c2ccccc2)cc1. The van der Waals surface area contributed by atoms with Crippen molar-refractivity contribution in [3.05, 3.63) is 65.7 Å². The maximum Gasteiger partial charge on any atom is 0.303 e. The Hall–Kier alpha value is -2.18. The fraction of sp³-hybridized carbons (Fsp3) is 0.458. The molecule has 5 nitrogen and oxygen atoms in total. The van der Waals surface area contributed by atoms with Gasteiger partial charge in [-0.05, 0) is 48.9 Å². The maximum absolute atomic E-state index is 13.2. The number of aliphatic carboxylic acids is 1. The van der Waals surface area contributed by atoms with Crippen molar-refractivity contribution in [1.29, 1.82) is 0 Å². The first-order valence-corrected chi connectivity index (χ1v) is 12.2. The van der Waals surface area contributed by atoms with E-state index in [9.17, 15) is 13.2 Å². The summed E-state index contributed by atoms with van der Waals surface area (Å²) in [6, 6.07) is 16.7. The van der Waals surface area contributed by atoms with Gasteiger partial charge in [-0.3, -0.25) is 4.79 Å². The van der Waals surface area contributed by atoms with E-state index in [-0.39, 0.29) is 6.42 Å². The normalized spacial score (nSPS) is 11.7. The molecule has 0 unspecified atom stereocenters. The summed E-state index contributed by atoms with van der Waals surface area (Å²) in [6.07, 6.45) is 6.44. The van der Waals surface area contributed by atoms with Gasteiger partial charge in [0.1, 0.15) is 0 Å². The van der Waals surface area contributed by atoms with Crippen LogP contribution in [0.3, 0.4) is 0 Å². The van der Waals surface area contributed by atoms with Crippen molar-refractivity contribution in [2.75, 3.05) is 6.54 Å². The first kappa shape index (κ1) is 24.1. The number of carboxylic acids is 1. The summed E-state index contributed by atoms with van der Waals surface area (Å²) >= 11 is 0. The molecule has 0 radical (unpaired) electrons. The van der Waals surface area contributed by atoms with E-state index in [1.54, 1.807) is 34.6 Å². The summed E-state index contributed by atoms with van der Waals surface area (Å²) in [6.45, 7) is 2.92. The lowest BCUT2D eigenvalue weighted by Gasteiger charge is -2.22. The molecular formula is C24H33NO4S. The van der Waals surface area contributed by atoms with Crippen LogP contribution in [0.2, 0.25) is 0 Å². The summed E-state index contributed by atoms with van der Waals surface area (Å²) < 4.78 is 27.9. The topological polar surface area (TPSA) is 74.7 Å². The molecule has 0 saturated carbocycles. The summed E-state index contributed by atoms with van der Waals surface area (Å²) in [4.78, 5) is 10.9. The highest BCUT2D eigenvalue weighted by atomic mass is 32.2. The number of carboxylic acid groups (broad SMARTS) is 1. The third kappa shape index (κ3) is 7.92. The number of nitrogens with zero attached hydrogens (tertiary/aromatic N) is 1. The Bertz CT molecular complexity index is 864. The molecule has 0 heterocycles. The first-order chi connectivity index (χ1) is 14.4. The standard InChI is InChI=1S/C24H33NO4S/c1-2-3-11-21-15-17-22(18-16-21)20-25(19-10-5-4-9-14-24(26)27)30(28,29)23-12-7-6-8-13-23/h6-8,12-13,15-18H,2-5,9-11,14,19-20H2,1H3,(H,26,27). The van der Waals surface area contributed by atoms with Gasteiger partial charge >= 0.3 is 5.97 Å². The highest BCUT2D eigenvalue weighted by Crippen LogP contribution is 2.20. The van der Waals surface area contributed by atoms with Gasteiger partial charge in [0, 0.05) is 19.5 Å². The Morgan fingerprint density at radius 1 is 0.867 bits per heavy atom. The lowest BCUT2D eigenvalue weighted by Crippen LogP contribution is -2.31. The van der Waals surface area contributed by atoms with Crippen LogP contribution in [0.25, 0.3) is 0 Å². The van der Waals surface area contributed by atoms with Crippen molar-refractivity contribution in [1.82, 2.24) is 4.31 Å². The zero-order valence-corrected chi connectivity index (χ0v) is 18.6. The number of sulfonamides is 1. The molecular weight excluding hydrogens is 398 g/mol. The predicted molar refractivity (Wildman–Crippen MR) is 120 cm³/mol. The van der Waals surface area contributed by atoms with E-state index in [1.807, 2.05) is 12.1 Å². The van der Waals surface area contributed by atoms with Crippen LogP contribution in [-0.2, 0) is 27.8 Å². The predicted octanol–water partition coefficient (Wildman–Crippen LogP) is 5.26. The molecule has 0 fully saturated rings. The number of carbonyl (C=O) groups is 1. The van der Waals surface area contributed by atoms with Crippen LogP contribution in [0.15, 0.2) is 59.5 Å². The monoisotopic (exact) mass is 431 g/mol. The van der Waals surface area contributed by atoms with E-state index in [0.717, 1.165) is 37.7 Å². The Labute approximate surface area is 180 Å². The minimum Gasteiger partial charge on any atom is -0.481 e.